The molecule has 1 fully saturated rings. The van der Waals surface area contributed by atoms with E-state index in [1.807, 2.05) is 12.1 Å². The van der Waals surface area contributed by atoms with Crippen LogP contribution in [0.4, 0.5) is 5.69 Å². The van der Waals surface area contributed by atoms with Crippen molar-refractivity contribution in [2.45, 2.75) is 44.5 Å². The fraction of sp³-hybridized carbons (Fsp3) is 0.571. The van der Waals surface area contributed by atoms with Crippen molar-refractivity contribution >= 4 is 28.9 Å². The van der Waals surface area contributed by atoms with Crippen LogP contribution in [0.5, 0.6) is 0 Å². The molecule has 2 rings (SSSR count). The van der Waals surface area contributed by atoms with E-state index in [-0.39, 0.29) is 0 Å². The largest absolute Gasteiger partial charge is 0.368 e. The Labute approximate surface area is 114 Å². The lowest BCUT2D eigenvalue weighted by atomic mass is 10.1. The van der Waals surface area contributed by atoms with Gasteiger partial charge in [0.15, 0.2) is 0 Å². The van der Waals surface area contributed by atoms with Gasteiger partial charge in [-0.3, -0.25) is 0 Å². The number of benzene rings is 1. The second-order valence-electron chi connectivity index (χ2n) is 4.65. The quantitative estimate of drug-likeness (QED) is 0.669. The maximum absolute atomic E-state index is 6.22. The standard InChI is InChI=1S/C14H19Cl2N/c1-2-3-9-17(11-7-8-11)14-6-4-5-13(16)12(14)10-15/h4-6,11H,2-3,7-10H2,1H3. The van der Waals surface area contributed by atoms with Crippen molar-refractivity contribution in [3.05, 3.63) is 28.8 Å². The van der Waals surface area contributed by atoms with E-state index in [9.17, 15) is 0 Å². The van der Waals surface area contributed by atoms with Crippen LogP contribution in [0.25, 0.3) is 0 Å². The Hall–Kier alpha value is -0.400. The average molecular weight is 272 g/mol. The van der Waals surface area contributed by atoms with E-state index < -0.39 is 0 Å². The van der Waals surface area contributed by atoms with Crippen molar-refractivity contribution in [3.63, 3.8) is 0 Å². The summed E-state index contributed by atoms with van der Waals surface area (Å²) in [6, 6.07) is 6.81. The summed E-state index contributed by atoms with van der Waals surface area (Å²) in [7, 11) is 0. The Bertz CT molecular complexity index is 374. The van der Waals surface area contributed by atoms with Crippen LogP contribution in [0.2, 0.25) is 5.02 Å². The van der Waals surface area contributed by atoms with Crippen molar-refractivity contribution in [1.82, 2.24) is 0 Å². The normalized spacial score (nSPS) is 15.0. The molecule has 0 spiro atoms. The maximum atomic E-state index is 6.22. The van der Waals surface area contributed by atoms with Crippen LogP contribution in [-0.2, 0) is 5.88 Å². The fourth-order valence-corrected chi connectivity index (χ4v) is 2.75. The van der Waals surface area contributed by atoms with Crippen LogP contribution < -0.4 is 4.90 Å². The first kappa shape index (κ1) is 13.0. The molecule has 0 N–H and O–H groups in total. The molecule has 0 unspecified atom stereocenters. The monoisotopic (exact) mass is 271 g/mol. The molecular formula is C14H19Cl2N. The van der Waals surface area contributed by atoms with Crippen molar-refractivity contribution in [2.75, 3.05) is 11.4 Å². The zero-order chi connectivity index (χ0) is 12.3. The lowest BCUT2D eigenvalue weighted by molar-refractivity contribution is 0.711. The van der Waals surface area contributed by atoms with Gasteiger partial charge in [-0.1, -0.05) is 31.0 Å². The average Bonchev–Trinajstić information content (AvgIpc) is 3.14. The molecule has 17 heavy (non-hydrogen) atoms. The number of nitrogens with zero attached hydrogens (tertiary/aromatic N) is 1. The van der Waals surface area contributed by atoms with Crippen molar-refractivity contribution < 1.29 is 0 Å². The number of halogens is 2. The van der Waals surface area contributed by atoms with E-state index in [2.05, 4.69) is 17.9 Å². The minimum Gasteiger partial charge on any atom is -0.368 e. The predicted molar refractivity (Wildman–Crippen MR) is 76.3 cm³/mol. The van der Waals surface area contributed by atoms with E-state index in [1.54, 1.807) is 0 Å². The van der Waals surface area contributed by atoms with E-state index >= 15 is 0 Å². The summed E-state index contributed by atoms with van der Waals surface area (Å²) < 4.78 is 0. The van der Waals surface area contributed by atoms with Crippen molar-refractivity contribution in [2.24, 2.45) is 0 Å². The molecular weight excluding hydrogens is 253 g/mol. The highest BCUT2D eigenvalue weighted by Gasteiger charge is 2.30. The molecule has 94 valence electrons. The summed E-state index contributed by atoms with van der Waals surface area (Å²) in [5.74, 6) is 0.490. The van der Waals surface area contributed by atoms with Crippen LogP contribution in [0.1, 0.15) is 38.2 Å². The molecule has 0 bridgehead atoms. The molecule has 1 aliphatic carbocycles. The minimum atomic E-state index is 0.490. The molecule has 0 aromatic heterocycles. The van der Waals surface area contributed by atoms with Gasteiger partial charge in [-0.25, -0.2) is 0 Å². The summed E-state index contributed by atoms with van der Waals surface area (Å²) in [6.45, 7) is 3.34. The Morgan fingerprint density at radius 3 is 2.71 bits per heavy atom. The fourth-order valence-electron chi connectivity index (χ4n) is 2.16. The van der Waals surface area contributed by atoms with E-state index in [0.717, 1.165) is 17.1 Å². The molecule has 0 heterocycles. The molecule has 1 aromatic rings. The molecule has 1 aliphatic rings. The van der Waals surface area contributed by atoms with Gasteiger partial charge in [0.1, 0.15) is 0 Å². The Morgan fingerprint density at radius 2 is 2.12 bits per heavy atom. The third kappa shape index (κ3) is 3.08. The van der Waals surface area contributed by atoms with Crippen LogP contribution in [0, 0.1) is 0 Å². The van der Waals surface area contributed by atoms with Gasteiger partial charge in [0, 0.05) is 28.9 Å². The predicted octanol–water partition coefficient (Wildman–Crippen LogP) is 4.85. The van der Waals surface area contributed by atoms with Crippen LogP contribution in [0.15, 0.2) is 18.2 Å². The smallest absolute Gasteiger partial charge is 0.0509 e. The van der Waals surface area contributed by atoms with Crippen molar-refractivity contribution in [1.29, 1.82) is 0 Å². The Balaban J connectivity index is 2.25. The highest BCUT2D eigenvalue weighted by atomic mass is 35.5. The summed E-state index contributed by atoms with van der Waals surface area (Å²) in [5, 5.41) is 0.791. The van der Waals surface area contributed by atoms with Gasteiger partial charge in [0.2, 0.25) is 0 Å². The lowest BCUT2D eigenvalue weighted by Crippen LogP contribution is -2.27. The summed E-state index contributed by atoms with van der Waals surface area (Å²) in [4.78, 5) is 2.49. The molecule has 0 radical (unpaired) electrons. The third-order valence-electron chi connectivity index (χ3n) is 3.28. The molecule has 1 saturated carbocycles. The zero-order valence-electron chi connectivity index (χ0n) is 10.3. The number of hydrogen-bond donors (Lipinski definition) is 0. The van der Waals surface area contributed by atoms with Crippen LogP contribution in [0.3, 0.4) is 0 Å². The number of alkyl halides is 1. The second-order valence-corrected chi connectivity index (χ2v) is 5.32. The summed E-state index contributed by atoms with van der Waals surface area (Å²) >= 11 is 12.3. The number of unbranched alkanes of at least 4 members (excludes halogenated alkanes) is 1. The highest BCUT2D eigenvalue weighted by molar-refractivity contribution is 6.32. The molecule has 0 aliphatic heterocycles. The van der Waals surface area contributed by atoms with Gasteiger partial charge in [-0.2, -0.15) is 0 Å². The molecule has 0 saturated heterocycles. The van der Waals surface area contributed by atoms with E-state index in [0.29, 0.717) is 11.9 Å². The Morgan fingerprint density at radius 1 is 1.35 bits per heavy atom. The number of rotatable bonds is 6. The lowest BCUT2D eigenvalue weighted by Gasteiger charge is -2.27. The second kappa shape index (κ2) is 5.97. The first-order valence-corrected chi connectivity index (χ1v) is 7.29. The van der Waals surface area contributed by atoms with E-state index in [4.69, 9.17) is 23.2 Å². The van der Waals surface area contributed by atoms with Gasteiger partial charge in [-0.05, 0) is 31.4 Å². The highest BCUT2D eigenvalue weighted by Crippen LogP contribution is 2.36. The SMILES string of the molecule is CCCCN(c1cccc(Cl)c1CCl)C1CC1. The third-order valence-corrected chi connectivity index (χ3v) is 3.90. The molecule has 1 nitrogen and oxygen atoms in total. The Kier molecular flexibility index (Phi) is 4.58. The van der Waals surface area contributed by atoms with Gasteiger partial charge >= 0.3 is 0 Å². The van der Waals surface area contributed by atoms with Gasteiger partial charge in [0.25, 0.3) is 0 Å². The van der Waals surface area contributed by atoms with Crippen LogP contribution in [-0.4, -0.2) is 12.6 Å². The number of anilines is 1. The zero-order valence-corrected chi connectivity index (χ0v) is 11.8. The topological polar surface area (TPSA) is 3.24 Å². The number of hydrogen-bond acceptors (Lipinski definition) is 1. The summed E-state index contributed by atoms with van der Waals surface area (Å²) in [6.07, 6.45) is 5.06. The molecule has 0 atom stereocenters. The van der Waals surface area contributed by atoms with Gasteiger partial charge < -0.3 is 4.90 Å². The molecule has 0 amide bonds. The minimum absolute atomic E-state index is 0.490. The molecule has 3 heteroatoms. The van der Waals surface area contributed by atoms with Crippen molar-refractivity contribution in [3.8, 4) is 0 Å². The molecule has 1 aromatic carbocycles. The summed E-state index contributed by atoms with van der Waals surface area (Å²) in [5.41, 5.74) is 2.32. The first-order chi connectivity index (χ1) is 8.27. The van der Waals surface area contributed by atoms with Gasteiger partial charge in [-0.15, -0.1) is 11.6 Å². The van der Waals surface area contributed by atoms with Gasteiger partial charge in [0.05, 0.1) is 5.88 Å². The van der Waals surface area contributed by atoms with Crippen LogP contribution >= 0.6 is 23.2 Å². The first-order valence-electron chi connectivity index (χ1n) is 6.38. The van der Waals surface area contributed by atoms with E-state index in [1.165, 1.54) is 31.4 Å². The maximum Gasteiger partial charge on any atom is 0.0509 e.